The fourth-order valence-corrected chi connectivity index (χ4v) is 1.75. The second-order valence-corrected chi connectivity index (χ2v) is 5.39. The van der Waals surface area contributed by atoms with Gasteiger partial charge in [0.1, 0.15) is 13.2 Å². The van der Waals surface area contributed by atoms with Crippen molar-refractivity contribution in [3.8, 4) is 0 Å². The van der Waals surface area contributed by atoms with Crippen LogP contribution >= 0.6 is 0 Å². The number of nitrogens with one attached hydrogen (secondary N) is 1. The molecule has 5 N–H and O–H groups in total. The highest BCUT2D eigenvalue weighted by Gasteiger charge is 2.08. The SMILES string of the molecule is NCC(=O)NCC(=O)OCc1ccc(S(N)(=O)=O)cc1. The average Bonchev–Trinajstić information content (AvgIpc) is 2.41. The Labute approximate surface area is 116 Å². The largest absolute Gasteiger partial charge is 0.460 e. The topological polar surface area (TPSA) is 142 Å². The Morgan fingerprint density at radius 3 is 2.30 bits per heavy atom. The highest BCUT2D eigenvalue weighted by molar-refractivity contribution is 7.89. The van der Waals surface area contributed by atoms with Crippen molar-refractivity contribution < 1.29 is 22.7 Å². The molecule has 0 heterocycles. The second-order valence-electron chi connectivity index (χ2n) is 3.83. The average molecular weight is 301 g/mol. The molecule has 0 unspecified atom stereocenters. The Morgan fingerprint density at radius 2 is 1.80 bits per heavy atom. The summed E-state index contributed by atoms with van der Waals surface area (Å²) >= 11 is 0. The van der Waals surface area contributed by atoms with Gasteiger partial charge in [0.15, 0.2) is 0 Å². The summed E-state index contributed by atoms with van der Waals surface area (Å²) in [6.45, 7) is -0.518. The van der Waals surface area contributed by atoms with Gasteiger partial charge >= 0.3 is 5.97 Å². The van der Waals surface area contributed by atoms with Crippen LogP contribution in [0.2, 0.25) is 0 Å². The lowest BCUT2D eigenvalue weighted by molar-refractivity contribution is -0.145. The molecule has 20 heavy (non-hydrogen) atoms. The lowest BCUT2D eigenvalue weighted by Crippen LogP contribution is -2.35. The normalized spacial score (nSPS) is 10.9. The summed E-state index contributed by atoms with van der Waals surface area (Å²) in [7, 11) is -3.74. The minimum atomic E-state index is -3.74. The van der Waals surface area contributed by atoms with Gasteiger partial charge in [0, 0.05) is 0 Å². The molecule has 1 aromatic carbocycles. The Hall–Kier alpha value is -1.97. The third-order valence-corrected chi connectivity index (χ3v) is 3.20. The van der Waals surface area contributed by atoms with Crippen LogP contribution in [0, 0.1) is 0 Å². The van der Waals surface area contributed by atoms with Gasteiger partial charge in [0.2, 0.25) is 15.9 Å². The number of nitrogens with two attached hydrogens (primary N) is 2. The van der Waals surface area contributed by atoms with Crippen LogP contribution in [0.15, 0.2) is 29.2 Å². The predicted molar refractivity (Wildman–Crippen MR) is 69.7 cm³/mol. The van der Waals surface area contributed by atoms with Crippen molar-refractivity contribution in [2.75, 3.05) is 13.1 Å². The van der Waals surface area contributed by atoms with Crippen molar-refractivity contribution in [1.29, 1.82) is 0 Å². The second kappa shape index (κ2) is 6.98. The Bertz CT molecular complexity index is 583. The molecule has 8 nitrogen and oxygen atoms in total. The first-order valence-electron chi connectivity index (χ1n) is 5.57. The van der Waals surface area contributed by atoms with E-state index < -0.39 is 21.9 Å². The molecular formula is C11H15N3O5S. The maximum atomic E-state index is 11.3. The van der Waals surface area contributed by atoms with E-state index in [2.05, 4.69) is 5.32 Å². The smallest absolute Gasteiger partial charge is 0.325 e. The van der Waals surface area contributed by atoms with Crippen LogP contribution in [0.3, 0.4) is 0 Å². The first-order chi connectivity index (χ1) is 9.32. The summed E-state index contributed by atoms with van der Waals surface area (Å²) in [5, 5.41) is 7.21. The Morgan fingerprint density at radius 1 is 1.20 bits per heavy atom. The number of benzene rings is 1. The van der Waals surface area contributed by atoms with Gasteiger partial charge in [-0.3, -0.25) is 9.59 Å². The minimum Gasteiger partial charge on any atom is -0.460 e. The molecule has 0 bridgehead atoms. The van der Waals surface area contributed by atoms with E-state index in [1.165, 1.54) is 24.3 Å². The summed E-state index contributed by atoms with van der Waals surface area (Å²) < 4.78 is 26.9. The number of sulfonamides is 1. The van der Waals surface area contributed by atoms with Crippen molar-refractivity contribution in [2.45, 2.75) is 11.5 Å². The number of amides is 1. The van der Waals surface area contributed by atoms with E-state index in [-0.39, 0.29) is 24.6 Å². The number of ether oxygens (including phenoxy) is 1. The van der Waals surface area contributed by atoms with Crippen LogP contribution in [0.1, 0.15) is 5.56 Å². The fraction of sp³-hybridized carbons (Fsp3) is 0.273. The first kappa shape index (κ1) is 16.1. The molecule has 1 amide bonds. The zero-order valence-corrected chi connectivity index (χ0v) is 11.4. The lowest BCUT2D eigenvalue weighted by Gasteiger charge is -2.06. The van der Waals surface area contributed by atoms with E-state index in [1.807, 2.05) is 0 Å². The molecule has 1 aromatic rings. The van der Waals surface area contributed by atoms with Crippen LogP contribution in [0.5, 0.6) is 0 Å². The highest BCUT2D eigenvalue weighted by atomic mass is 32.2. The van der Waals surface area contributed by atoms with Crippen LogP contribution < -0.4 is 16.2 Å². The molecule has 0 fully saturated rings. The minimum absolute atomic E-state index is 0.0252. The zero-order chi connectivity index (χ0) is 15.2. The predicted octanol–water partition coefficient (Wildman–Crippen LogP) is -1.55. The Kier molecular flexibility index (Phi) is 5.62. The number of rotatable bonds is 6. The molecule has 0 atom stereocenters. The van der Waals surface area contributed by atoms with Gasteiger partial charge in [-0.2, -0.15) is 0 Å². The van der Waals surface area contributed by atoms with Gasteiger partial charge in [-0.25, -0.2) is 13.6 Å². The van der Waals surface area contributed by atoms with Crippen LogP contribution in [0.4, 0.5) is 0 Å². The van der Waals surface area contributed by atoms with Crippen LogP contribution in [-0.4, -0.2) is 33.4 Å². The maximum Gasteiger partial charge on any atom is 0.325 e. The van der Waals surface area contributed by atoms with Gasteiger partial charge in [-0.1, -0.05) is 12.1 Å². The van der Waals surface area contributed by atoms with Crippen molar-refractivity contribution in [3.63, 3.8) is 0 Å². The van der Waals surface area contributed by atoms with E-state index in [1.54, 1.807) is 0 Å². The summed E-state index contributed by atoms with van der Waals surface area (Å²) in [6.07, 6.45) is 0. The third kappa shape index (κ3) is 5.34. The molecule has 1 rings (SSSR count). The molecule has 0 radical (unpaired) electrons. The van der Waals surface area contributed by atoms with Crippen LogP contribution in [-0.2, 0) is 31.0 Å². The van der Waals surface area contributed by atoms with E-state index in [9.17, 15) is 18.0 Å². The number of primary sulfonamides is 1. The van der Waals surface area contributed by atoms with Crippen molar-refractivity contribution in [2.24, 2.45) is 10.9 Å². The molecule has 0 aliphatic heterocycles. The van der Waals surface area contributed by atoms with Gasteiger partial charge < -0.3 is 15.8 Å². The number of esters is 1. The number of hydrogen-bond donors (Lipinski definition) is 3. The molecule has 0 aliphatic carbocycles. The van der Waals surface area contributed by atoms with Gasteiger partial charge in [-0.05, 0) is 17.7 Å². The Balaban J connectivity index is 2.46. The zero-order valence-electron chi connectivity index (χ0n) is 10.5. The first-order valence-corrected chi connectivity index (χ1v) is 7.11. The molecule has 0 spiro atoms. The van der Waals surface area contributed by atoms with Gasteiger partial charge in [0.05, 0.1) is 11.4 Å². The summed E-state index contributed by atoms with van der Waals surface area (Å²) in [5.74, 6) is -1.08. The van der Waals surface area contributed by atoms with E-state index in [0.29, 0.717) is 5.56 Å². The van der Waals surface area contributed by atoms with E-state index in [4.69, 9.17) is 15.6 Å². The van der Waals surface area contributed by atoms with E-state index in [0.717, 1.165) is 0 Å². The summed E-state index contributed by atoms with van der Waals surface area (Å²) in [5.41, 5.74) is 5.64. The van der Waals surface area contributed by atoms with Gasteiger partial charge in [-0.15, -0.1) is 0 Å². The van der Waals surface area contributed by atoms with Crippen molar-refractivity contribution in [1.82, 2.24) is 5.32 Å². The number of carbonyl (C=O) groups excluding carboxylic acids is 2. The molecule has 9 heteroatoms. The molecule has 0 aromatic heterocycles. The lowest BCUT2D eigenvalue weighted by atomic mass is 10.2. The standard InChI is InChI=1S/C11H15N3O5S/c12-5-10(15)14-6-11(16)19-7-8-1-3-9(4-2-8)20(13,17)18/h1-4H,5-7,12H2,(H,14,15)(H2,13,17,18). The number of hydrogen-bond acceptors (Lipinski definition) is 6. The summed E-state index contributed by atoms with van der Waals surface area (Å²) in [6, 6.07) is 5.58. The quantitative estimate of drug-likeness (QED) is 0.543. The molecule has 110 valence electrons. The molecule has 0 aliphatic rings. The van der Waals surface area contributed by atoms with Gasteiger partial charge in [0.25, 0.3) is 0 Å². The fourth-order valence-electron chi connectivity index (χ4n) is 1.23. The monoisotopic (exact) mass is 301 g/mol. The number of carbonyl (C=O) groups is 2. The highest BCUT2D eigenvalue weighted by Crippen LogP contribution is 2.09. The van der Waals surface area contributed by atoms with Crippen molar-refractivity contribution in [3.05, 3.63) is 29.8 Å². The molecule has 0 saturated carbocycles. The third-order valence-electron chi connectivity index (χ3n) is 2.27. The molecular weight excluding hydrogens is 286 g/mol. The summed E-state index contributed by atoms with van der Waals surface area (Å²) in [4.78, 5) is 22.1. The van der Waals surface area contributed by atoms with E-state index >= 15 is 0 Å². The van der Waals surface area contributed by atoms with Crippen molar-refractivity contribution >= 4 is 21.9 Å². The molecule has 0 saturated heterocycles. The maximum absolute atomic E-state index is 11.3. The van der Waals surface area contributed by atoms with Crippen LogP contribution in [0.25, 0.3) is 0 Å².